The van der Waals surface area contributed by atoms with Gasteiger partial charge in [0.1, 0.15) is 28.2 Å². The van der Waals surface area contributed by atoms with Crippen molar-refractivity contribution in [2.45, 2.75) is 168 Å². The molecule has 5 aromatic rings. The van der Waals surface area contributed by atoms with Gasteiger partial charge in [0.25, 0.3) is 0 Å². The van der Waals surface area contributed by atoms with Crippen LogP contribution in [0.15, 0.2) is 64.8 Å². The smallest absolute Gasteiger partial charge is 0.416 e. The number of amides is 2. The van der Waals surface area contributed by atoms with Crippen LogP contribution in [0.3, 0.4) is 0 Å². The summed E-state index contributed by atoms with van der Waals surface area (Å²) in [5.41, 5.74) is -4.43. The minimum Gasteiger partial charge on any atom is -0.481 e. The lowest BCUT2D eigenvalue weighted by molar-refractivity contribution is -0.145. The lowest BCUT2D eigenvalue weighted by Crippen LogP contribution is -2.36. The molecule has 30 heteroatoms. The number of aromatic nitrogens is 4. The molecular weight excluding hydrogens is 1340 g/mol. The van der Waals surface area contributed by atoms with Crippen LogP contribution in [0.4, 0.5) is 73.9 Å². The number of carboxylic acids is 1. The second-order valence-electron chi connectivity index (χ2n) is 23.9. The average molecular weight is 1410 g/mol. The van der Waals surface area contributed by atoms with Crippen LogP contribution in [0.1, 0.15) is 161 Å². The van der Waals surface area contributed by atoms with E-state index in [0.29, 0.717) is 103 Å². The molecule has 4 aliphatic rings. The van der Waals surface area contributed by atoms with Crippen LogP contribution in [-0.2, 0) is 61.6 Å². The first-order valence-corrected chi connectivity index (χ1v) is 32.1. The fourth-order valence-electron chi connectivity index (χ4n) is 12.5. The van der Waals surface area contributed by atoms with Crippen molar-refractivity contribution in [2.75, 3.05) is 42.6 Å². The van der Waals surface area contributed by atoms with Crippen molar-refractivity contribution in [1.29, 1.82) is 0 Å². The molecule has 2 saturated carbocycles. The number of ether oxygens (including phenoxy) is 3. The third kappa shape index (κ3) is 18.1. The van der Waals surface area contributed by atoms with E-state index in [1.807, 2.05) is 42.0 Å². The zero-order chi connectivity index (χ0) is 68.1. The van der Waals surface area contributed by atoms with Gasteiger partial charge < -0.3 is 29.1 Å². The summed E-state index contributed by atoms with van der Waals surface area (Å²) in [6.07, 6.45) is -14.1. The van der Waals surface area contributed by atoms with E-state index in [-0.39, 0.29) is 55.4 Å². The molecule has 4 atom stereocenters. The van der Waals surface area contributed by atoms with E-state index in [0.717, 1.165) is 61.8 Å². The molecule has 3 aromatic heterocycles. The predicted molar refractivity (Wildman–Crippen MR) is 321 cm³/mol. The van der Waals surface area contributed by atoms with Crippen molar-refractivity contribution in [3.63, 3.8) is 0 Å². The zero-order valence-corrected chi connectivity index (χ0v) is 54.0. The number of nitrogens with zero attached hydrogens (tertiary/aromatic N) is 8. The molecule has 2 amide bonds. The number of cyclic esters (lactones) is 2. The van der Waals surface area contributed by atoms with E-state index in [9.17, 15) is 77.0 Å². The Morgan fingerprint density at radius 1 is 0.624 bits per heavy atom. The maximum atomic E-state index is 13.6. The molecule has 2 aromatic carbocycles. The van der Waals surface area contributed by atoms with Crippen molar-refractivity contribution in [3.8, 4) is 10.6 Å². The maximum Gasteiger partial charge on any atom is 0.416 e. The fourth-order valence-corrected chi connectivity index (χ4v) is 13.7. The van der Waals surface area contributed by atoms with Crippen LogP contribution >= 0.6 is 27.3 Å². The van der Waals surface area contributed by atoms with Crippen molar-refractivity contribution in [3.05, 3.63) is 115 Å². The van der Waals surface area contributed by atoms with Crippen LogP contribution in [0.2, 0.25) is 0 Å². The summed E-state index contributed by atoms with van der Waals surface area (Å²) in [6, 6.07) is 2.49. The van der Waals surface area contributed by atoms with E-state index in [1.54, 1.807) is 13.1 Å². The topological polar surface area (TPSA) is 181 Å². The molecule has 2 unspecified atom stereocenters. The Morgan fingerprint density at radius 2 is 1.02 bits per heavy atom. The summed E-state index contributed by atoms with van der Waals surface area (Å²) in [7, 11) is 0. The second-order valence-corrected chi connectivity index (χ2v) is 25.6. The maximum absolute atomic E-state index is 13.6. The Morgan fingerprint density at radius 3 is 1.40 bits per heavy atom. The molecule has 2 aliphatic carbocycles. The van der Waals surface area contributed by atoms with Crippen LogP contribution in [0.5, 0.6) is 0 Å². The summed E-state index contributed by atoms with van der Waals surface area (Å²) in [5, 5.41) is 11.1. The van der Waals surface area contributed by atoms with Gasteiger partial charge in [-0.2, -0.15) is 52.7 Å². The number of hydrogen-bond acceptors (Lipinski definition) is 14. The van der Waals surface area contributed by atoms with E-state index in [1.165, 1.54) is 41.2 Å². The molecule has 4 fully saturated rings. The Hall–Kier alpha value is -6.98. The predicted octanol–water partition coefficient (Wildman–Crippen LogP) is 16.7. The largest absolute Gasteiger partial charge is 0.481 e. The first-order chi connectivity index (χ1) is 43.6. The van der Waals surface area contributed by atoms with Gasteiger partial charge in [-0.05, 0) is 197 Å². The lowest BCUT2D eigenvalue weighted by Gasteiger charge is -2.33. The Labute approximate surface area is 541 Å². The second kappa shape index (κ2) is 29.8. The summed E-state index contributed by atoms with van der Waals surface area (Å²) in [6.45, 7) is 13.1. The molecule has 508 valence electrons. The van der Waals surface area contributed by atoms with Gasteiger partial charge in [-0.25, -0.2) is 29.5 Å². The van der Waals surface area contributed by atoms with Gasteiger partial charge in [0.15, 0.2) is 11.6 Å². The quantitative estimate of drug-likeness (QED) is 0.0441. The highest BCUT2D eigenvalue weighted by atomic mass is 79.9. The Kier molecular flexibility index (Phi) is 23.0. The first-order valence-electron chi connectivity index (χ1n) is 30.5. The molecule has 1 N–H and O–H groups in total. The summed E-state index contributed by atoms with van der Waals surface area (Å²) in [4.78, 5) is 75.5. The fraction of sp³-hybridized carbons (Fsp3) is 0.556. The van der Waals surface area contributed by atoms with Crippen molar-refractivity contribution in [1.82, 2.24) is 29.7 Å². The number of esters is 1. The third-order valence-electron chi connectivity index (χ3n) is 17.5. The van der Waals surface area contributed by atoms with Crippen LogP contribution in [-0.4, -0.2) is 104 Å². The highest BCUT2D eigenvalue weighted by Crippen LogP contribution is 2.45. The molecule has 0 bridgehead atoms. The van der Waals surface area contributed by atoms with Gasteiger partial charge in [0, 0.05) is 39.0 Å². The highest BCUT2D eigenvalue weighted by Gasteiger charge is 2.46. The molecule has 93 heavy (non-hydrogen) atoms. The standard InChI is InChI=1S/C33H36F6N4O4S.C30H35BrF6N4O4/c1-4-42(16-21-7-5-20(6-8-21)11-27(44)45)30-26(41-25(15-40-30)29-18(2)9-10-48-29)17-43-19(3)28(47-31(43)46)22-12-23(32(34,35)36)14-24(13-22)33(37,38)39;1-4-40(15-19-8-6-18(7-9-19)10-25(42)44-5-2)27-23(39-24(31)14-38-27)16-41-17(3)26(45-28(41)43)20-11-21(29(32,33)34)13-22(12-20)30(35,36)37/h9-10,12-15,19-21,28H,4-8,11,16-17H2,1-3H3,(H,44,45);11-14,17-19,26H,4-10,15-16H2,1-3H3/t19-,20?,21?,28?;17-,18?,19?,26?/m00/s1. The average Bonchev–Trinajstić information content (AvgIpc) is 1.72. The number of rotatable bonds is 20. The number of aliphatic carboxylic acids is 1. The minimum atomic E-state index is -5.05. The molecule has 2 aliphatic heterocycles. The number of aryl methyl sites for hydroxylation is 1. The van der Waals surface area contributed by atoms with Crippen molar-refractivity contribution in [2.24, 2.45) is 23.7 Å². The number of alkyl halides is 12. The summed E-state index contributed by atoms with van der Waals surface area (Å²) in [5.74, 6) is 1.03. The van der Waals surface area contributed by atoms with E-state index < -0.39 is 101 Å². The monoisotopic (exact) mass is 1410 g/mol. The van der Waals surface area contributed by atoms with Crippen molar-refractivity contribution < 1.29 is 91.2 Å². The summed E-state index contributed by atoms with van der Waals surface area (Å²) >= 11 is 4.77. The van der Waals surface area contributed by atoms with Gasteiger partial charge in [0.2, 0.25) is 0 Å². The van der Waals surface area contributed by atoms with E-state index in [4.69, 9.17) is 24.2 Å². The minimum absolute atomic E-state index is 0.0399. The number of halogens is 13. The Bertz CT molecular complexity index is 3380. The van der Waals surface area contributed by atoms with Crippen LogP contribution in [0.25, 0.3) is 10.6 Å². The molecule has 9 rings (SSSR count). The van der Waals surface area contributed by atoms with Gasteiger partial charge in [-0.1, -0.05) is 0 Å². The van der Waals surface area contributed by atoms with Gasteiger partial charge >= 0.3 is 48.8 Å². The number of carbonyl (C=O) groups excluding carboxylic acids is 3. The van der Waals surface area contributed by atoms with Gasteiger partial charge in [-0.3, -0.25) is 19.4 Å². The summed E-state index contributed by atoms with van der Waals surface area (Å²) < 4.78 is 179. The van der Waals surface area contributed by atoms with E-state index >= 15 is 0 Å². The normalized spacial score (nSPS) is 22.1. The number of hydrogen-bond donors (Lipinski definition) is 1. The van der Waals surface area contributed by atoms with Gasteiger partial charge in [0.05, 0.1) is 77.0 Å². The van der Waals surface area contributed by atoms with Crippen LogP contribution in [0, 0.1) is 30.6 Å². The molecule has 2 saturated heterocycles. The SMILES string of the molecule is CCN(CC1CCC(CC(=O)O)CC1)c1ncc(-c2sccc2C)nc1CN1C(=O)OC(c2cc(C(F)(F)F)cc(C(F)(F)F)c2)[C@@H]1C.CCOC(=O)CC1CCC(CN(CC)c2ncc(Br)nc2CN2C(=O)OC(c3cc(C(F)(F)F)cc(C(F)(F)F)c3)[C@@H]2C)CC1. The van der Waals surface area contributed by atoms with Crippen LogP contribution < -0.4 is 9.80 Å². The molecule has 16 nitrogen and oxygen atoms in total. The molecule has 0 radical (unpaired) electrons. The zero-order valence-electron chi connectivity index (χ0n) is 51.6. The Balaban J connectivity index is 0.000000240. The molecular formula is C63H71BrF12N8O8S. The molecule has 5 heterocycles. The first kappa shape index (κ1) is 71.9. The third-order valence-corrected chi connectivity index (χ3v) is 18.9. The highest BCUT2D eigenvalue weighted by molar-refractivity contribution is 9.10. The number of thiophene rings is 1. The van der Waals surface area contributed by atoms with Gasteiger partial charge in [-0.15, -0.1) is 11.3 Å². The van der Waals surface area contributed by atoms with E-state index in [2.05, 4.69) is 25.9 Å². The molecule has 0 spiro atoms. The van der Waals surface area contributed by atoms with Crippen molar-refractivity contribution >= 4 is 63.0 Å². The lowest BCUT2D eigenvalue weighted by atomic mass is 9.80. The number of anilines is 2. The number of carboxylic acid groups (broad SMARTS) is 1. The number of benzene rings is 2. The number of carbonyl (C=O) groups is 4.